The SMILES string of the molecule is Brc1cccc(OCCSc2nnc(-c3cccs3)n2Cc2ccccc2)c1. The van der Waals surface area contributed by atoms with Crippen LogP contribution in [0.1, 0.15) is 5.56 Å². The Balaban J connectivity index is 1.47. The number of benzene rings is 2. The molecule has 0 unspecified atom stereocenters. The average Bonchev–Trinajstić information content (AvgIpc) is 3.36. The summed E-state index contributed by atoms with van der Waals surface area (Å²) in [5, 5.41) is 11.9. The fourth-order valence-corrected chi connectivity index (χ4v) is 4.59. The summed E-state index contributed by atoms with van der Waals surface area (Å²) in [4.78, 5) is 1.13. The van der Waals surface area contributed by atoms with Crippen molar-refractivity contribution in [2.75, 3.05) is 12.4 Å². The summed E-state index contributed by atoms with van der Waals surface area (Å²) < 4.78 is 9.04. The molecule has 2 aromatic heterocycles. The van der Waals surface area contributed by atoms with E-state index in [0.29, 0.717) is 6.61 Å². The normalized spacial score (nSPS) is 10.9. The fraction of sp³-hybridized carbons (Fsp3) is 0.143. The number of thiophene rings is 1. The third-order valence-corrected chi connectivity index (χ3v) is 6.31. The van der Waals surface area contributed by atoms with Crippen molar-refractivity contribution in [2.24, 2.45) is 0 Å². The van der Waals surface area contributed by atoms with Gasteiger partial charge < -0.3 is 4.74 Å². The van der Waals surface area contributed by atoms with Crippen LogP contribution in [0.2, 0.25) is 0 Å². The first-order chi connectivity index (χ1) is 13.8. The zero-order valence-electron chi connectivity index (χ0n) is 15.0. The molecule has 4 rings (SSSR count). The van der Waals surface area contributed by atoms with Crippen LogP contribution in [0.5, 0.6) is 5.75 Å². The maximum absolute atomic E-state index is 5.84. The molecular weight excluding hydrogens is 454 g/mol. The Morgan fingerprint density at radius 1 is 1.00 bits per heavy atom. The Hall–Kier alpha value is -2.09. The largest absolute Gasteiger partial charge is 0.493 e. The molecule has 2 heterocycles. The summed E-state index contributed by atoms with van der Waals surface area (Å²) in [7, 11) is 0. The molecule has 142 valence electrons. The van der Waals surface area contributed by atoms with E-state index in [4.69, 9.17) is 4.74 Å². The second-order valence-corrected chi connectivity index (χ2v) is 8.93. The quantitative estimate of drug-likeness (QED) is 0.233. The van der Waals surface area contributed by atoms with Crippen LogP contribution >= 0.6 is 39.0 Å². The highest BCUT2D eigenvalue weighted by molar-refractivity contribution is 9.10. The molecule has 28 heavy (non-hydrogen) atoms. The van der Waals surface area contributed by atoms with Crippen LogP contribution in [0.25, 0.3) is 10.7 Å². The lowest BCUT2D eigenvalue weighted by Gasteiger charge is -2.10. The number of halogens is 1. The highest BCUT2D eigenvalue weighted by Gasteiger charge is 2.15. The summed E-state index contributed by atoms with van der Waals surface area (Å²) in [6, 6.07) is 22.4. The van der Waals surface area contributed by atoms with Crippen molar-refractivity contribution >= 4 is 39.0 Å². The summed E-state index contributed by atoms with van der Waals surface area (Å²) >= 11 is 6.81. The number of hydrogen-bond donors (Lipinski definition) is 0. The Kier molecular flexibility index (Phi) is 6.46. The molecule has 0 saturated heterocycles. The van der Waals surface area contributed by atoms with Crippen molar-refractivity contribution in [2.45, 2.75) is 11.7 Å². The van der Waals surface area contributed by atoms with E-state index in [9.17, 15) is 0 Å². The van der Waals surface area contributed by atoms with Gasteiger partial charge in [0.1, 0.15) is 5.75 Å². The Morgan fingerprint density at radius 2 is 1.89 bits per heavy atom. The molecule has 0 aliphatic rings. The van der Waals surface area contributed by atoms with Crippen LogP contribution in [0.3, 0.4) is 0 Å². The van der Waals surface area contributed by atoms with Gasteiger partial charge in [-0.15, -0.1) is 21.5 Å². The van der Waals surface area contributed by atoms with Crippen LogP contribution in [-0.2, 0) is 6.54 Å². The molecule has 0 bridgehead atoms. The predicted octanol–water partition coefficient (Wildman–Crippen LogP) is 5.99. The molecule has 0 aliphatic carbocycles. The van der Waals surface area contributed by atoms with Gasteiger partial charge in [0.15, 0.2) is 11.0 Å². The van der Waals surface area contributed by atoms with Gasteiger partial charge in [-0.25, -0.2) is 0 Å². The monoisotopic (exact) mass is 471 g/mol. The van der Waals surface area contributed by atoms with Crippen molar-refractivity contribution in [1.82, 2.24) is 14.8 Å². The molecule has 0 saturated carbocycles. The first-order valence-corrected chi connectivity index (χ1v) is 11.5. The minimum absolute atomic E-state index is 0.605. The Labute approximate surface area is 180 Å². The molecule has 0 N–H and O–H groups in total. The van der Waals surface area contributed by atoms with Crippen LogP contribution in [0.15, 0.2) is 81.7 Å². The molecule has 4 nitrogen and oxygen atoms in total. The zero-order chi connectivity index (χ0) is 19.2. The molecule has 7 heteroatoms. The van der Waals surface area contributed by atoms with Crippen LogP contribution in [0, 0.1) is 0 Å². The number of hydrogen-bond acceptors (Lipinski definition) is 5. The Bertz CT molecular complexity index is 1020. The van der Waals surface area contributed by atoms with Crippen molar-refractivity contribution in [3.63, 3.8) is 0 Å². The molecule has 0 aliphatic heterocycles. The van der Waals surface area contributed by atoms with Gasteiger partial charge in [0, 0.05) is 10.2 Å². The van der Waals surface area contributed by atoms with Crippen LogP contribution in [-0.4, -0.2) is 27.1 Å². The lowest BCUT2D eigenvalue weighted by Crippen LogP contribution is -2.05. The molecule has 0 fully saturated rings. The third kappa shape index (κ3) is 4.84. The zero-order valence-corrected chi connectivity index (χ0v) is 18.2. The molecule has 4 aromatic rings. The van der Waals surface area contributed by atoms with Crippen LogP contribution < -0.4 is 4.74 Å². The lowest BCUT2D eigenvalue weighted by atomic mass is 10.2. The highest BCUT2D eigenvalue weighted by atomic mass is 79.9. The molecule has 0 amide bonds. The second kappa shape index (κ2) is 9.41. The van der Waals surface area contributed by atoms with Gasteiger partial charge in [-0.1, -0.05) is 70.2 Å². The summed E-state index contributed by atoms with van der Waals surface area (Å²) in [5.41, 5.74) is 1.23. The number of ether oxygens (including phenoxy) is 1. The van der Waals surface area contributed by atoms with Gasteiger partial charge in [0.05, 0.1) is 18.0 Å². The van der Waals surface area contributed by atoms with Gasteiger partial charge in [-0.2, -0.15) is 0 Å². The van der Waals surface area contributed by atoms with Gasteiger partial charge >= 0.3 is 0 Å². The molecule has 2 aromatic carbocycles. The van der Waals surface area contributed by atoms with E-state index in [1.807, 2.05) is 36.4 Å². The van der Waals surface area contributed by atoms with Gasteiger partial charge in [-0.05, 0) is 35.2 Å². The smallest absolute Gasteiger partial charge is 0.191 e. The molecule has 0 radical (unpaired) electrons. The van der Waals surface area contributed by atoms with E-state index in [-0.39, 0.29) is 0 Å². The van der Waals surface area contributed by atoms with Crippen molar-refractivity contribution < 1.29 is 4.74 Å². The molecular formula is C21H18BrN3OS2. The first kappa shape index (κ1) is 19.2. The van der Waals surface area contributed by atoms with E-state index in [0.717, 1.165) is 38.4 Å². The van der Waals surface area contributed by atoms with E-state index in [1.165, 1.54) is 5.56 Å². The number of rotatable bonds is 8. The maximum Gasteiger partial charge on any atom is 0.191 e. The summed E-state index contributed by atoms with van der Waals surface area (Å²) in [5.74, 6) is 2.57. The number of aromatic nitrogens is 3. The lowest BCUT2D eigenvalue weighted by molar-refractivity contribution is 0.343. The number of thioether (sulfide) groups is 1. The average molecular weight is 472 g/mol. The molecule has 0 atom stereocenters. The van der Waals surface area contributed by atoms with E-state index >= 15 is 0 Å². The van der Waals surface area contributed by atoms with Gasteiger partial charge in [0.25, 0.3) is 0 Å². The standard InChI is InChI=1S/C21H18BrN3OS2/c22-17-8-4-9-18(14-17)26-11-13-28-21-24-23-20(19-10-5-12-27-19)25(21)15-16-6-2-1-3-7-16/h1-10,12,14H,11,13,15H2. The van der Waals surface area contributed by atoms with Crippen molar-refractivity contribution in [3.8, 4) is 16.5 Å². The van der Waals surface area contributed by atoms with E-state index < -0.39 is 0 Å². The summed E-state index contributed by atoms with van der Waals surface area (Å²) in [6.45, 7) is 1.35. The minimum Gasteiger partial charge on any atom is -0.493 e. The third-order valence-electron chi connectivity index (χ3n) is 4.02. The maximum atomic E-state index is 5.84. The van der Waals surface area contributed by atoms with Gasteiger partial charge in [0.2, 0.25) is 0 Å². The van der Waals surface area contributed by atoms with E-state index in [2.05, 4.69) is 66.4 Å². The van der Waals surface area contributed by atoms with Crippen molar-refractivity contribution in [1.29, 1.82) is 0 Å². The summed E-state index contributed by atoms with van der Waals surface area (Å²) in [6.07, 6.45) is 0. The van der Waals surface area contributed by atoms with Crippen LogP contribution in [0.4, 0.5) is 0 Å². The Morgan fingerprint density at radius 3 is 2.68 bits per heavy atom. The molecule has 0 spiro atoms. The minimum atomic E-state index is 0.605. The highest BCUT2D eigenvalue weighted by Crippen LogP contribution is 2.28. The van der Waals surface area contributed by atoms with Crippen molar-refractivity contribution in [3.05, 3.63) is 82.1 Å². The van der Waals surface area contributed by atoms with Gasteiger partial charge in [-0.3, -0.25) is 4.57 Å². The second-order valence-electron chi connectivity index (χ2n) is 6.01. The first-order valence-electron chi connectivity index (χ1n) is 8.82. The topological polar surface area (TPSA) is 39.9 Å². The fourth-order valence-electron chi connectivity index (χ4n) is 2.74. The predicted molar refractivity (Wildman–Crippen MR) is 119 cm³/mol. The number of nitrogens with zero attached hydrogens (tertiary/aromatic N) is 3. The van der Waals surface area contributed by atoms with E-state index in [1.54, 1.807) is 23.1 Å².